The summed E-state index contributed by atoms with van der Waals surface area (Å²) in [6.07, 6.45) is 1.37. The van der Waals surface area contributed by atoms with Crippen molar-refractivity contribution in [2.24, 2.45) is 0 Å². The number of fused-ring (bicyclic) bond motifs is 1. The predicted octanol–water partition coefficient (Wildman–Crippen LogP) is 3.55. The number of aromatic nitrogens is 2. The van der Waals surface area contributed by atoms with Crippen molar-refractivity contribution in [2.45, 2.75) is 6.92 Å². The van der Waals surface area contributed by atoms with Crippen LogP contribution in [-0.4, -0.2) is 20.0 Å². The van der Waals surface area contributed by atoms with E-state index in [-0.39, 0.29) is 22.6 Å². The van der Waals surface area contributed by atoms with Crippen molar-refractivity contribution >= 4 is 28.4 Å². The normalized spacial score (nSPS) is 11.4. The van der Waals surface area contributed by atoms with Crippen LogP contribution in [-0.2, 0) is 0 Å². The van der Waals surface area contributed by atoms with Gasteiger partial charge in [-0.1, -0.05) is 6.07 Å². The minimum Gasteiger partial charge on any atom is -0.507 e. The van der Waals surface area contributed by atoms with E-state index < -0.39 is 4.92 Å². The number of nitrogens with one attached hydrogen (secondary N) is 1. The monoisotopic (exact) mass is 320 g/mol. The van der Waals surface area contributed by atoms with Gasteiger partial charge in [0.25, 0.3) is 5.69 Å². The topological polar surface area (TPSA) is 116 Å². The molecular weight excluding hydrogens is 308 g/mol. The number of non-ortho nitro benzene ring substituents is 1. The third-order valence-electron chi connectivity index (χ3n) is 3.53. The molecule has 7 heteroatoms. The zero-order chi connectivity index (χ0) is 17.3. The highest BCUT2D eigenvalue weighted by Gasteiger charge is 2.12. The first kappa shape index (κ1) is 15.2. The summed E-state index contributed by atoms with van der Waals surface area (Å²) < 4.78 is 0. The van der Waals surface area contributed by atoms with Crippen LogP contribution in [0, 0.1) is 28.4 Å². The predicted molar refractivity (Wildman–Crippen MR) is 89.1 cm³/mol. The molecule has 0 aliphatic heterocycles. The van der Waals surface area contributed by atoms with Gasteiger partial charge in [-0.05, 0) is 36.8 Å². The highest BCUT2D eigenvalue weighted by atomic mass is 16.6. The SMILES string of the molecule is Cc1ccc2nc(/C(C#N)=C\c3cc([N+](=O)[O-])ccc3O)[nH]c2c1. The lowest BCUT2D eigenvalue weighted by Crippen LogP contribution is -1.89. The first-order chi connectivity index (χ1) is 11.5. The van der Waals surface area contributed by atoms with Gasteiger partial charge in [0.05, 0.1) is 21.5 Å². The highest BCUT2D eigenvalue weighted by Crippen LogP contribution is 2.27. The molecule has 0 atom stereocenters. The number of aromatic amines is 1. The molecule has 1 aromatic heterocycles. The van der Waals surface area contributed by atoms with Gasteiger partial charge >= 0.3 is 0 Å². The Labute approximate surface area is 136 Å². The van der Waals surface area contributed by atoms with Gasteiger partial charge in [-0.2, -0.15) is 5.26 Å². The molecule has 2 N–H and O–H groups in total. The zero-order valence-electron chi connectivity index (χ0n) is 12.6. The van der Waals surface area contributed by atoms with E-state index >= 15 is 0 Å². The first-order valence-electron chi connectivity index (χ1n) is 7.04. The number of H-pyrrole nitrogens is 1. The van der Waals surface area contributed by atoms with E-state index in [1.807, 2.05) is 31.2 Å². The Morgan fingerprint density at radius 1 is 1.38 bits per heavy atom. The Morgan fingerprint density at radius 3 is 2.88 bits per heavy atom. The van der Waals surface area contributed by atoms with Crippen LogP contribution in [0.5, 0.6) is 5.75 Å². The average molecular weight is 320 g/mol. The number of phenols is 1. The third-order valence-corrected chi connectivity index (χ3v) is 3.53. The van der Waals surface area contributed by atoms with Gasteiger partial charge in [-0.25, -0.2) is 4.98 Å². The maximum absolute atomic E-state index is 10.9. The maximum atomic E-state index is 10.9. The third kappa shape index (κ3) is 2.80. The zero-order valence-corrected chi connectivity index (χ0v) is 12.6. The van der Waals surface area contributed by atoms with Crippen LogP contribution < -0.4 is 0 Å². The summed E-state index contributed by atoms with van der Waals surface area (Å²) in [6, 6.07) is 11.3. The molecule has 2 aromatic carbocycles. The number of benzene rings is 2. The van der Waals surface area contributed by atoms with Crippen molar-refractivity contribution in [1.29, 1.82) is 5.26 Å². The molecule has 0 bridgehead atoms. The van der Waals surface area contributed by atoms with Gasteiger partial charge in [0.1, 0.15) is 17.6 Å². The number of nitro benzene ring substituents is 1. The molecule has 0 amide bonds. The average Bonchev–Trinajstić information content (AvgIpc) is 2.96. The molecule has 0 unspecified atom stereocenters. The number of nitrogens with zero attached hydrogens (tertiary/aromatic N) is 3. The molecule has 0 aliphatic carbocycles. The van der Waals surface area contributed by atoms with Crippen LogP contribution in [0.15, 0.2) is 36.4 Å². The van der Waals surface area contributed by atoms with Gasteiger partial charge in [0, 0.05) is 17.7 Å². The van der Waals surface area contributed by atoms with Crippen LogP contribution in [0.1, 0.15) is 17.0 Å². The summed E-state index contributed by atoms with van der Waals surface area (Å²) in [6.45, 7) is 1.95. The van der Waals surface area contributed by atoms with E-state index in [2.05, 4.69) is 9.97 Å². The molecule has 1 heterocycles. The lowest BCUT2D eigenvalue weighted by Gasteiger charge is -2.00. The van der Waals surface area contributed by atoms with Crippen molar-refractivity contribution in [3.8, 4) is 11.8 Å². The van der Waals surface area contributed by atoms with Crippen molar-refractivity contribution in [1.82, 2.24) is 9.97 Å². The van der Waals surface area contributed by atoms with E-state index in [1.54, 1.807) is 0 Å². The molecule has 0 radical (unpaired) electrons. The van der Waals surface area contributed by atoms with Crippen molar-refractivity contribution in [3.63, 3.8) is 0 Å². The molecule has 0 spiro atoms. The maximum Gasteiger partial charge on any atom is 0.270 e. The lowest BCUT2D eigenvalue weighted by molar-refractivity contribution is -0.384. The number of aryl methyl sites for hydroxylation is 1. The van der Waals surface area contributed by atoms with Crippen LogP contribution in [0.2, 0.25) is 0 Å². The molecule has 3 rings (SSSR count). The van der Waals surface area contributed by atoms with Crippen LogP contribution >= 0.6 is 0 Å². The van der Waals surface area contributed by atoms with E-state index in [9.17, 15) is 20.5 Å². The quantitative estimate of drug-likeness (QED) is 0.435. The summed E-state index contributed by atoms with van der Waals surface area (Å²) in [7, 11) is 0. The van der Waals surface area contributed by atoms with Crippen molar-refractivity contribution in [2.75, 3.05) is 0 Å². The molecule has 7 nitrogen and oxygen atoms in total. The number of phenolic OH excluding ortho intramolecular Hbond substituents is 1. The van der Waals surface area contributed by atoms with E-state index in [0.29, 0.717) is 11.3 Å². The lowest BCUT2D eigenvalue weighted by atomic mass is 10.1. The second-order valence-electron chi connectivity index (χ2n) is 5.28. The fourth-order valence-corrected chi connectivity index (χ4v) is 2.33. The molecule has 0 aliphatic rings. The van der Waals surface area contributed by atoms with Crippen LogP contribution in [0.4, 0.5) is 5.69 Å². The first-order valence-corrected chi connectivity index (χ1v) is 7.04. The molecule has 0 fully saturated rings. The Hall–Kier alpha value is -3.66. The summed E-state index contributed by atoms with van der Waals surface area (Å²) in [5.41, 5.74) is 2.72. The Balaban J connectivity index is 2.10. The largest absolute Gasteiger partial charge is 0.507 e. The number of nitriles is 1. The fraction of sp³-hybridized carbons (Fsp3) is 0.0588. The van der Waals surface area contributed by atoms with Gasteiger partial charge in [0.15, 0.2) is 0 Å². The molecule has 0 saturated heterocycles. The molecular formula is C17H12N4O3. The van der Waals surface area contributed by atoms with Gasteiger partial charge in [-0.3, -0.25) is 10.1 Å². The minimum atomic E-state index is -0.563. The Kier molecular flexibility index (Phi) is 3.72. The number of allylic oxidation sites excluding steroid dienone is 1. The van der Waals surface area contributed by atoms with Crippen LogP contribution in [0.25, 0.3) is 22.7 Å². The van der Waals surface area contributed by atoms with E-state index in [0.717, 1.165) is 11.1 Å². The van der Waals surface area contributed by atoms with E-state index in [1.165, 1.54) is 24.3 Å². The Bertz CT molecular complexity index is 1030. The van der Waals surface area contributed by atoms with Crippen LogP contribution in [0.3, 0.4) is 0 Å². The minimum absolute atomic E-state index is 0.152. The number of rotatable bonds is 3. The summed E-state index contributed by atoms with van der Waals surface area (Å²) >= 11 is 0. The number of hydrogen-bond donors (Lipinski definition) is 2. The van der Waals surface area contributed by atoms with Gasteiger partial charge < -0.3 is 10.1 Å². The molecule has 0 saturated carbocycles. The standard InChI is InChI=1S/C17H12N4O3/c1-10-2-4-14-15(6-10)20-17(19-14)12(9-18)7-11-8-13(21(23)24)3-5-16(11)22/h2-8,22H,1H3,(H,19,20)/b12-7-. The summed E-state index contributed by atoms with van der Waals surface area (Å²) in [5, 5.41) is 30.1. The number of hydrogen-bond acceptors (Lipinski definition) is 5. The van der Waals surface area contributed by atoms with E-state index in [4.69, 9.17) is 0 Å². The van der Waals surface area contributed by atoms with Gasteiger partial charge in [-0.15, -0.1) is 0 Å². The number of aromatic hydroxyl groups is 1. The highest BCUT2D eigenvalue weighted by molar-refractivity contribution is 5.91. The molecule has 24 heavy (non-hydrogen) atoms. The second-order valence-corrected chi connectivity index (χ2v) is 5.28. The molecule has 3 aromatic rings. The summed E-state index contributed by atoms with van der Waals surface area (Å²) in [4.78, 5) is 17.7. The molecule has 118 valence electrons. The van der Waals surface area contributed by atoms with Gasteiger partial charge in [0.2, 0.25) is 0 Å². The number of nitro groups is 1. The van der Waals surface area contributed by atoms with Crippen molar-refractivity contribution < 1.29 is 10.0 Å². The van der Waals surface area contributed by atoms with Crippen molar-refractivity contribution in [3.05, 3.63) is 63.5 Å². The smallest absolute Gasteiger partial charge is 0.270 e. The second kappa shape index (κ2) is 5.85. The Morgan fingerprint density at radius 2 is 2.17 bits per heavy atom. The number of imidazole rings is 1. The fourth-order valence-electron chi connectivity index (χ4n) is 2.33. The summed E-state index contributed by atoms with van der Waals surface area (Å²) in [5.74, 6) is 0.185.